The smallest absolute Gasteiger partial charge is 0.292 e. The highest BCUT2D eigenvalue weighted by Gasteiger charge is 2.33. The Balaban J connectivity index is 2.06. The first kappa shape index (κ1) is 16.8. The molecule has 0 heterocycles. The zero-order valence-electron chi connectivity index (χ0n) is 14.2. The van der Waals surface area contributed by atoms with Crippen LogP contribution in [0.3, 0.4) is 0 Å². The van der Waals surface area contributed by atoms with Crippen molar-refractivity contribution in [2.75, 3.05) is 5.32 Å². The van der Waals surface area contributed by atoms with Crippen molar-refractivity contribution in [2.24, 2.45) is 5.41 Å². The second-order valence-electron chi connectivity index (χ2n) is 6.97. The van der Waals surface area contributed by atoms with Crippen molar-refractivity contribution in [3.05, 3.63) is 64.7 Å². The number of hydrogen-bond acceptors (Lipinski definition) is 4. The lowest BCUT2D eigenvalue weighted by atomic mass is 9.83. The third kappa shape index (κ3) is 2.78. The molecule has 1 N–H and O–H groups in total. The molecule has 0 radical (unpaired) electrons. The largest absolute Gasteiger partial charge is 0.319 e. The normalized spacial score (nSPS) is 13.1. The van der Waals surface area contributed by atoms with Crippen molar-refractivity contribution in [3.63, 3.8) is 0 Å². The Morgan fingerprint density at radius 1 is 0.800 bits per heavy atom. The first-order valence-corrected chi connectivity index (χ1v) is 7.89. The predicted molar refractivity (Wildman–Crippen MR) is 92.8 cm³/mol. The van der Waals surface area contributed by atoms with Crippen molar-refractivity contribution < 1.29 is 19.2 Å². The van der Waals surface area contributed by atoms with E-state index in [4.69, 9.17) is 0 Å². The van der Waals surface area contributed by atoms with Gasteiger partial charge >= 0.3 is 0 Å². The summed E-state index contributed by atoms with van der Waals surface area (Å²) in [5, 5.41) is 2.50. The van der Waals surface area contributed by atoms with Gasteiger partial charge in [0.25, 0.3) is 5.91 Å². The van der Waals surface area contributed by atoms with Crippen LogP contribution in [0.2, 0.25) is 0 Å². The number of benzene rings is 2. The Bertz CT molecular complexity index is 935. The molecule has 1 aliphatic carbocycles. The fourth-order valence-electron chi connectivity index (χ4n) is 2.77. The van der Waals surface area contributed by atoms with Crippen molar-refractivity contribution in [1.82, 2.24) is 0 Å². The van der Waals surface area contributed by atoms with Gasteiger partial charge < -0.3 is 5.32 Å². The average Bonchev–Trinajstić information content (AvgIpc) is 2.58. The summed E-state index contributed by atoms with van der Waals surface area (Å²) in [5.41, 5.74) is 0.322. The molecule has 0 saturated carbocycles. The molecular formula is C20H17NO4. The van der Waals surface area contributed by atoms with Gasteiger partial charge in [0.2, 0.25) is 5.78 Å². The molecule has 1 amide bonds. The number of carbonyl (C=O) groups excluding carboxylic acids is 4. The number of Topliss-reactive ketones (excluding diaryl/α,β-unsaturated/α-hetero) is 1. The highest BCUT2D eigenvalue weighted by atomic mass is 16.2. The van der Waals surface area contributed by atoms with Gasteiger partial charge in [-0.15, -0.1) is 0 Å². The topological polar surface area (TPSA) is 80.3 Å². The third-order valence-corrected chi connectivity index (χ3v) is 4.09. The molecule has 0 fully saturated rings. The van der Waals surface area contributed by atoms with Crippen molar-refractivity contribution in [1.29, 1.82) is 0 Å². The molecule has 0 spiro atoms. The van der Waals surface area contributed by atoms with Gasteiger partial charge in [0.1, 0.15) is 0 Å². The maximum atomic E-state index is 12.8. The van der Waals surface area contributed by atoms with Gasteiger partial charge in [0.15, 0.2) is 11.6 Å². The lowest BCUT2D eigenvalue weighted by Gasteiger charge is -2.21. The van der Waals surface area contributed by atoms with Crippen LogP contribution in [0, 0.1) is 5.41 Å². The number of nitrogens with one attached hydrogen (secondary N) is 1. The van der Waals surface area contributed by atoms with Gasteiger partial charge in [-0.1, -0.05) is 57.2 Å². The van der Waals surface area contributed by atoms with Crippen molar-refractivity contribution in [2.45, 2.75) is 20.8 Å². The van der Waals surface area contributed by atoms with E-state index >= 15 is 0 Å². The molecule has 25 heavy (non-hydrogen) atoms. The molecule has 1 aliphatic rings. The minimum Gasteiger partial charge on any atom is -0.319 e. The molecule has 0 unspecified atom stereocenters. The molecule has 0 bridgehead atoms. The van der Waals surface area contributed by atoms with Crippen LogP contribution < -0.4 is 5.32 Å². The van der Waals surface area contributed by atoms with Crippen LogP contribution in [0.1, 0.15) is 52.6 Å². The number of fused-ring (bicyclic) bond motifs is 2. The number of amides is 1. The van der Waals surface area contributed by atoms with Crippen molar-refractivity contribution in [3.8, 4) is 0 Å². The molecule has 0 atom stereocenters. The Labute approximate surface area is 145 Å². The molecule has 0 aliphatic heterocycles. The Morgan fingerprint density at radius 2 is 1.36 bits per heavy atom. The summed E-state index contributed by atoms with van der Waals surface area (Å²) in [6.45, 7) is 4.92. The molecule has 5 heteroatoms. The van der Waals surface area contributed by atoms with Crippen LogP contribution in [-0.4, -0.2) is 23.3 Å². The van der Waals surface area contributed by atoms with E-state index in [0.717, 1.165) is 0 Å². The number of anilines is 1. The zero-order chi connectivity index (χ0) is 18.4. The lowest BCUT2D eigenvalue weighted by molar-refractivity contribution is -0.139. The van der Waals surface area contributed by atoms with E-state index in [0.29, 0.717) is 11.1 Å². The highest BCUT2D eigenvalue weighted by Crippen LogP contribution is 2.32. The summed E-state index contributed by atoms with van der Waals surface area (Å²) in [6.07, 6.45) is 0. The average molecular weight is 335 g/mol. The summed E-state index contributed by atoms with van der Waals surface area (Å²) in [6, 6.07) is 11.2. The van der Waals surface area contributed by atoms with Crippen LogP contribution >= 0.6 is 0 Å². The fourth-order valence-corrected chi connectivity index (χ4v) is 2.77. The quantitative estimate of drug-likeness (QED) is 0.730. The first-order valence-electron chi connectivity index (χ1n) is 7.89. The van der Waals surface area contributed by atoms with E-state index in [-0.39, 0.29) is 28.4 Å². The summed E-state index contributed by atoms with van der Waals surface area (Å²) in [7, 11) is 0. The van der Waals surface area contributed by atoms with Gasteiger partial charge in [-0.2, -0.15) is 0 Å². The molecule has 2 aromatic rings. The minimum atomic E-state index is -0.842. The van der Waals surface area contributed by atoms with E-state index in [2.05, 4.69) is 5.32 Å². The van der Waals surface area contributed by atoms with Crippen LogP contribution in [0.15, 0.2) is 42.5 Å². The molecular weight excluding hydrogens is 318 g/mol. The molecule has 0 aromatic heterocycles. The molecule has 2 aromatic carbocycles. The fraction of sp³-hybridized carbons (Fsp3) is 0.200. The summed E-state index contributed by atoms with van der Waals surface area (Å²) >= 11 is 0. The molecule has 126 valence electrons. The zero-order valence-corrected chi connectivity index (χ0v) is 14.2. The van der Waals surface area contributed by atoms with Crippen LogP contribution in [0.5, 0.6) is 0 Å². The van der Waals surface area contributed by atoms with Gasteiger partial charge in [-0.25, -0.2) is 0 Å². The first-order chi connectivity index (χ1) is 11.7. The van der Waals surface area contributed by atoms with Gasteiger partial charge in [0.05, 0.1) is 11.3 Å². The standard InChI is InChI=1S/C20H17NO4/c1-20(2,3)18(24)19(25)21-14-10-6-9-13-15(14)17(23)12-8-5-4-7-11(12)16(13)22/h4-10H,1-3H3,(H,21,25). The Hall–Kier alpha value is -3.08. The second-order valence-corrected chi connectivity index (χ2v) is 6.97. The van der Waals surface area contributed by atoms with E-state index in [9.17, 15) is 19.2 Å². The van der Waals surface area contributed by atoms with E-state index in [1.165, 1.54) is 6.07 Å². The van der Waals surface area contributed by atoms with E-state index in [1.807, 2.05) is 0 Å². The highest BCUT2D eigenvalue weighted by molar-refractivity contribution is 6.43. The van der Waals surface area contributed by atoms with Crippen LogP contribution in [0.4, 0.5) is 5.69 Å². The van der Waals surface area contributed by atoms with Gasteiger partial charge in [-0.05, 0) is 6.07 Å². The van der Waals surface area contributed by atoms with Gasteiger partial charge in [-0.3, -0.25) is 19.2 Å². The number of carbonyl (C=O) groups is 4. The van der Waals surface area contributed by atoms with Crippen molar-refractivity contribution >= 4 is 28.9 Å². The maximum absolute atomic E-state index is 12.8. The summed E-state index contributed by atoms with van der Waals surface area (Å²) < 4.78 is 0. The Kier molecular flexibility index (Phi) is 3.87. The Morgan fingerprint density at radius 3 is 1.96 bits per heavy atom. The SMILES string of the molecule is CC(C)(C)C(=O)C(=O)Nc1cccc2c1C(=O)c1ccccc1C2=O. The maximum Gasteiger partial charge on any atom is 0.292 e. The van der Waals surface area contributed by atoms with Crippen LogP contribution in [0.25, 0.3) is 0 Å². The monoisotopic (exact) mass is 335 g/mol. The van der Waals surface area contributed by atoms with Gasteiger partial charge in [0, 0.05) is 22.1 Å². The lowest BCUT2D eigenvalue weighted by Crippen LogP contribution is -2.34. The summed E-state index contributed by atoms with van der Waals surface area (Å²) in [5.74, 6) is -2.02. The minimum absolute atomic E-state index is 0.126. The van der Waals surface area contributed by atoms with Crippen LogP contribution in [-0.2, 0) is 9.59 Å². The molecule has 5 nitrogen and oxygen atoms in total. The molecule has 3 rings (SSSR count). The molecule has 0 saturated heterocycles. The van der Waals surface area contributed by atoms with E-state index < -0.39 is 17.1 Å². The number of ketones is 3. The second kappa shape index (κ2) is 5.77. The number of rotatable bonds is 2. The third-order valence-electron chi connectivity index (χ3n) is 4.09. The summed E-state index contributed by atoms with van der Waals surface area (Å²) in [4.78, 5) is 49.8. The number of hydrogen-bond donors (Lipinski definition) is 1. The predicted octanol–water partition coefficient (Wildman–Crippen LogP) is 3.02. The van der Waals surface area contributed by atoms with E-state index in [1.54, 1.807) is 57.2 Å².